The molecule has 0 saturated carbocycles. The molecule has 4 heteroatoms. The summed E-state index contributed by atoms with van der Waals surface area (Å²) < 4.78 is 11.9. The van der Waals surface area contributed by atoms with E-state index < -0.39 is 8.32 Å². The molecule has 31 heavy (non-hydrogen) atoms. The third-order valence-electron chi connectivity index (χ3n) is 6.17. The normalized spacial score (nSPS) is 15.2. The van der Waals surface area contributed by atoms with Gasteiger partial charge in [0.1, 0.15) is 0 Å². The van der Waals surface area contributed by atoms with Crippen LogP contribution in [0.3, 0.4) is 0 Å². The number of hydrogen-bond donors (Lipinski definition) is 0. The highest BCUT2D eigenvalue weighted by atomic mass is 28.4. The predicted octanol–water partition coefficient (Wildman–Crippen LogP) is 5.42. The van der Waals surface area contributed by atoms with Crippen molar-refractivity contribution in [1.82, 2.24) is 0 Å². The summed E-state index contributed by atoms with van der Waals surface area (Å²) in [5, 5.41) is 2.61. The van der Waals surface area contributed by atoms with Gasteiger partial charge >= 0.3 is 5.97 Å². The van der Waals surface area contributed by atoms with E-state index in [4.69, 9.17) is 9.16 Å². The SMILES string of the molecule is COC(=O)[C@H](C)C[C@@H](C)C[C@H](C)CO[Si](c1ccccc1)(c1ccccc1)C(C)(C)C. The highest BCUT2D eigenvalue weighted by Gasteiger charge is 2.50. The predicted molar refractivity (Wildman–Crippen MR) is 132 cm³/mol. The van der Waals surface area contributed by atoms with Gasteiger partial charge in [-0.05, 0) is 40.1 Å². The van der Waals surface area contributed by atoms with Gasteiger partial charge in [0.2, 0.25) is 0 Å². The fourth-order valence-electron chi connectivity index (χ4n) is 4.78. The summed E-state index contributed by atoms with van der Waals surface area (Å²) in [6, 6.07) is 21.6. The van der Waals surface area contributed by atoms with Gasteiger partial charge in [-0.25, -0.2) is 0 Å². The van der Waals surface area contributed by atoms with E-state index in [1.807, 2.05) is 6.92 Å². The van der Waals surface area contributed by atoms with Crippen LogP contribution in [0.1, 0.15) is 54.4 Å². The Morgan fingerprint density at radius 2 is 1.32 bits per heavy atom. The Bertz CT molecular complexity index is 759. The van der Waals surface area contributed by atoms with E-state index in [1.54, 1.807) is 0 Å². The molecule has 3 nitrogen and oxygen atoms in total. The van der Waals surface area contributed by atoms with Crippen molar-refractivity contribution in [1.29, 1.82) is 0 Å². The number of esters is 1. The molecule has 0 unspecified atom stereocenters. The van der Waals surface area contributed by atoms with E-state index in [2.05, 4.69) is 95.3 Å². The Kier molecular flexibility index (Phi) is 9.08. The van der Waals surface area contributed by atoms with Crippen LogP contribution in [0, 0.1) is 17.8 Å². The fourth-order valence-corrected chi connectivity index (χ4v) is 9.47. The average molecular weight is 441 g/mol. The lowest BCUT2D eigenvalue weighted by atomic mass is 9.90. The third-order valence-corrected chi connectivity index (χ3v) is 11.2. The van der Waals surface area contributed by atoms with Gasteiger partial charge in [0.05, 0.1) is 13.0 Å². The van der Waals surface area contributed by atoms with Crippen LogP contribution >= 0.6 is 0 Å². The van der Waals surface area contributed by atoms with Gasteiger partial charge < -0.3 is 9.16 Å². The molecule has 0 amide bonds. The van der Waals surface area contributed by atoms with E-state index in [0.717, 1.165) is 12.8 Å². The van der Waals surface area contributed by atoms with Gasteiger partial charge in [0, 0.05) is 6.61 Å². The zero-order valence-corrected chi connectivity index (χ0v) is 21.4. The molecule has 0 spiro atoms. The van der Waals surface area contributed by atoms with Crippen molar-refractivity contribution >= 4 is 24.7 Å². The first-order valence-corrected chi connectivity index (χ1v) is 13.4. The molecule has 2 aromatic carbocycles. The summed E-state index contributed by atoms with van der Waals surface area (Å²) in [5.41, 5.74) is 0. The first-order chi connectivity index (χ1) is 14.6. The van der Waals surface area contributed by atoms with Crippen LogP contribution < -0.4 is 10.4 Å². The first kappa shape index (κ1) is 25.3. The number of benzene rings is 2. The minimum atomic E-state index is -2.49. The second kappa shape index (κ2) is 11.1. The van der Waals surface area contributed by atoms with E-state index in [9.17, 15) is 4.79 Å². The summed E-state index contributed by atoms with van der Waals surface area (Å²) >= 11 is 0. The summed E-state index contributed by atoms with van der Waals surface area (Å²) in [7, 11) is -1.03. The van der Waals surface area contributed by atoms with E-state index in [1.165, 1.54) is 17.5 Å². The summed E-state index contributed by atoms with van der Waals surface area (Å²) in [5.74, 6) is 0.654. The first-order valence-electron chi connectivity index (χ1n) is 11.4. The van der Waals surface area contributed by atoms with E-state index in [0.29, 0.717) is 18.4 Å². The fraction of sp³-hybridized carbons (Fsp3) is 0.519. The lowest BCUT2D eigenvalue weighted by molar-refractivity contribution is -0.145. The Labute approximate surface area is 190 Å². The lowest BCUT2D eigenvalue weighted by Gasteiger charge is -2.43. The molecule has 3 atom stereocenters. The molecule has 0 radical (unpaired) electrons. The van der Waals surface area contributed by atoms with Crippen molar-refractivity contribution in [3.05, 3.63) is 60.7 Å². The Morgan fingerprint density at radius 1 is 0.839 bits per heavy atom. The number of ether oxygens (including phenoxy) is 1. The molecule has 2 aromatic rings. The monoisotopic (exact) mass is 440 g/mol. The van der Waals surface area contributed by atoms with Crippen LogP contribution in [0.4, 0.5) is 0 Å². The minimum absolute atomic E-state index is 0.0135. The van der Waals surface area contributed by atoms with Crippen LogP contribution in [0.25, 0.3) is 0 Å². The maximum Gasteiger partial charge on any atom is 0.308 e. The maximum absolute atomic E-state index is 11.8. The zero-order valence-electron chi connectivity index (χ0n) is 20.4. The van der Waals surface area contributed by atoms with Crippen molar-refractivity contribution in [3.63, 3.8) is 0 Å². The van der Waals surface area contributed by atoms with Gasteiger partial charge in [0.25, 0.3) is 8.32 Å². The molecule has 0 heterocycles. The van der Waals surface area contributed by atoms with Crippen LogP contribution in [0.5, 0.6) is 0 Å². The summed E-state index contributed by atoms with van der Waals surface area (Å²) in [6.45, 7) is 14.1. The molecule has 0 N–H and O–H groups in total. The van der Waals surface area contributed by atoms with Gasteiger partial charge in [-0.15, -0.1) is 0 Å². The number of hydrogen-bond acceptors (Lipinski definition) is 3. The van der Waals surface area contributed by atoms with Gasteiger partial charge in [-0.1, -0.05) is 102 Å². The number of rotatable bonds is 10. The highest BCUT2D eigenvalue weighted by molar-refractivity contribution is 6.99. The smallest absolute Gasteiger partial charge is 0.308 e. The summed E-state index contributed by atoms with van der Waals surface area (Å²) in [6.07, 6.45) is 1.87. The average Bonchev–Trinajstić information content (AvgIpc) is 2.74. The molecule has 2 rings (SSSR count). The molecule has 170 valence electrons. The molecule has 0 aliphatic rings. The molecule has 0 aliphatic heterocycles. The largest absolute Gasteiger partial charge is 0.469 e. The molecule has 0 aromatic heterocycles. The molecule has 0 saturated heterocycles. The van der Waals surface area contributed by atoms with Crippen LogP contribution in [0.2, 0.25) is 5.04 Å². The molecule has 0 aliphatic carbocycles. The van der Waals surface area contributed by atoms with Crippen LogP contribution in [-0.2, 0) is 14.0 Å². The molecular weight excluding hydrogens is 400 g/mol. The highest BCUT2D eigenvalue weighted by Crippen LogP contribution is 2.37. The van der Waals surface area contributed by atoms with Crippen LogP contribution in [-0.4, -0.2) is 28.0 Å². The quantitative estimate of drug-likeness (QED) is 0.365. The van der Waals surface area contributed by atoms with Gasteiger partial charge in [-0.3, -0.25) is 4.79 Å². The standard InChI is InChI=1S/C27H40O3Si/c1-21(19-23(3)26(28)29-7)18-22(2)20-30-31(27(4,5)6,24-14-10-8-11-15-24)25-16-12-9-13-17-25/h8-17,21-23H,18-20H2,1-7H3/t21-,22-,23+/m0/s1. The van der Waals surface area contributed by atoms with Crippen LogP contribution in [0.15, 0.2) is 60.7 Å². The maximum atomic E-state index is 11.8. The Morgan fingerprint density at radius 3 is 1.74 bits per heavy atom. The summed E-state index contributed by atoms with van der Waals surface area (Å²) in [4.78, 5) is 11.8. The Hall–Kier alpha value is -1.91. The topological polar surface area (TPSA) is 35.5 Å². The zero-order chi connectivity index (χ0) is 23.1. The van der Waals surface area contributed by atoms with E-state index >= 15 is 0 Å². The lowest BCUT2D eigenvalue weighted by Crippen LogP contribution is -2.66. The number of carbonyl (C=O) groups excluding carboxylic acids is 1. The second-order valence-electron chi connectivity index (χ2n) is 10.1. The van der Waals surface area contributed by atoms with Crippen molar-refractivity contribution < 1.29 is 14.0 Å². The minimum Gasteiger partial charge on any atom is -0.469 e. The van der Waals surface area contributed by atoms with Crippen molar-refractivity contribution in [2.45, 2.75) is 59.4 Å². The number of carbonyl (C=O) groups is 1. The Balaban J connectivity index is 2.24. The van der Waals surface area contributed by atoms with Gasteiger partial charge in [-0.2, -0.15) is 0 Å². The van der Waals surface area contributed by atoms with Crippen molar-refractivity contribution in [3.8, 4) is 0 Å². The van der Waals surface area contributed by atoms with E-state index in [-0.39, 0.29) is 16.9 Å². The number of methoxy groups -OCH3 is 1. The molecular formula is C27H40O3Si. The third kappa shape index (κ3) is 6.30. The second-order valence-corrected chi connectivity index (χ2v) is 14.4. The molecule has 0 fully saturated rings. The van der Waals surface area contributed by atoms with Gasteiger partial charge in [0.15, 0.2) is 0 Å². The van der Waals surface area contributed by atoms with Crippen molar-refractivity contribution in [2.75, 3.05) is 13.7 Å². The molecule has 0 bridgehead atoms. The van der Waals surface area contributed by atoms with Crippen molar-refractivity contribution in [2.24, 2.45) is 17.8 Å².